The zero-order valence-electron chi connectivity index (χ0n) is 15.0. The Balaban J connectivity index is 1.87. The van der Waals surface area contributed by atoms with Crippen molar-refractivity contribution in [3.05, 3.63) is 41.8 Å². The van der Waals surface area contributed by atoms with E-state index in [1.54, 1.807) is 44.3 Å². The first-order chi connectivity index (χ1) is 11.8. The molecule has 0 spiro atoms. The van der Waals surface area contributed by atoms with Gasteiger partial charge in [0.25, 0.3) is 0 Å². The first kappa shape index (κ1) is 18.5. The highest BCUT2D eigenvalue weighted by Gasteiger charge is 2.12. The standard InChI is InChI=1S/C18H24N4O3/c1-12(2)9-17(23)19-14-5-7-15(8-6-14)20-18(24)22(4)11-16-10-13(3)25-21-16/h5-8,10,12H,9,11H2,1-4H3,(H,19,23)(H,20,24). The normalized spacial score (nSPS) is 10.6. The van der Waals surface area contributed by atoms with Crippen molar-refractivity contribution in [1.82, 2.24) is 10.1 Å². The Morgan fingerprint density at radius 3 is 2.28 bits per heavy atom. The van der Waals surface area contributed by atoms with Crippen LogP contribution in [0.15, 0.2) is 34.9 Å². The molecule has 0 fully saturated rings. The molecule has 1 aromatic heterocycles. The van der Waals surface area contributed by atoms with E-state index >= 15 is 0 Å². The maximum absolute atomic E-state index is 12.2. The summed E-state index contributed by atoms with van der Waals surface area (Å²) in [6, 6.07) is 8.55. The molecular weight excluding hydrogens is 320 g/mol. The van der Waals surface area contributed by atoms with Gasteiger partial charge in [0.2, 0.25) is 5.91 Å². The minimum atomic E-state index is -0.253. The number of aromatic nitrogens is 1. The average Bonchev–Trinajstić information content (AvgIpc) is 2.93. The number of nitrogens with zero attached hydrogens (tertiary/aromatic N) is 2. The van der Waals surface area contributed by atoms with Crippen LogP contribution in [0.1, 0.15) is 31.7 Å². The number of hydrogen-bond donors (Lipinski definition) is 2. The second-order valence-electron chi connectivity index (χ2n) is 6.44. The highest BCUT2D eigenvalue weighted by molar-refractivity contribution is 5.92. The Hall–Kier alpha value is -2.83. The number of carbonyl (C=O) groups is 2. The van der Waals surface area contributed by atoms with E-state index in [1.807, 2.05) is 13.8 Å². The topological polar surface area (TPSA) is 87.5 Å². The summed E-state index contributed by atoms with van der Waals surface area (Å²) < 4.78 is 4.99. The summed E-state index contributed by atoms with van der Waals surface area (Å²) in [5, 5.41) is 9.50. The number of urea groups is 1. The van der Waals surface area contributed by atoms with Gasteiger partial charge in [-0.25, -0.2) is 4.79 Å². The molecule has 2 N–H and O–H groups in total. The summed E-state index contributed by atoms with van der Waals surface area (Å²) in [5.74, 6) is 0.996. The van der Waals surface area contributed by atoms with E-state index in [2.05, 4.69) is 15.8 Å². The van der Waals surface area contributed by atoms with Crippen LogP contribution in [0.5, 0.6) is 0 Å². The predicted molar refractivity (Wildman–Crippen MR) is 96.3 cm³/mol. The quantitative estimate of drug-likeness (QED) is 0.837. The Kier molecular flexibility index (Phi) is 6.16. The first-order valence-electron chi connectivity index (χ1n) is 8.17. The molecular formula is C18H24N4O3. The summed E-state index contributed by atoms with van der Waals surface area (Å²) >= 11 is 0. The van der Waals surface area contributed by atoms with Gasteiger partial charge in [-0.2, -0.15) is 0 Å². The summed E-state index contributed by atoms with van der Waals surface area (Å²) in [7, 11) is 1.68. The third kappa shape index (κ3) is 5.95. The number of aryl methyl sites for hydroxylation is 1. The molecule has 0 saturated heterocycles. The van der Waals surface area contributed by atoms with Gasteiger partial charge in [-0.1, -0.05) is 19.0 Å². The monoisotopic (exact) mass is 344 g/mol. The van der Waals surface area contributed by atoms with Gasteiger partial charge in [0, 0.05) is 30.9 Å². The SMILES string of the molecule is Cc1cc(CN(C)C(=O)Nc2ccc(NC(=O)CC(C)C)cc2)no1. The Morgan fingerprint density at radius 2 is 1.76 bits per heavy atom. The molecule has 7 nitrogen and oxygen atoms in total. The van der Waals surface area contributed by atoms with Crippen molar-refractivity contribution in [2.24, 2.45) is 5.92 Å². The lowest BCUT2D eigenvalue weighted by Crippen LogP contribution is -2.30. The smallest absolute Gasteiger partial charge is 0.321 e. The molecule has 1 heterocycles. The first-order valence-corrected chi connectivity index (χ1v) is 8.17. The van der Waals surface area contributed by atoms with Gasteiger partial charge in [0.05, 0.1) is 6.54 Å². The molecule has 0 atom stereocenters. The summed E-state index contributed by atoms with van der Waals surface area (Å²) in [6.07, 6.45) is 0.477. The van der Waals surface area contributed by atoms with Crippen molar-refractivity contribution < 1.29 is 14.1 Å². The third-order valence-corrected chi connectivity index (χ3v) is 3.44. The van der Waals surface area contributed by atoms with Crippen molar-refractivity contribution in [2.75, 3.05) is 17.7 Å². The fourth-order valence-corrected chi connectivity index (χ4v) is 2.25. The Labute approximate surface area is 147 Å². The molecule has 0 aliphatic carbocycles. The van der Waals surface area contributed by atoms with Gasteiger partial charge in [-0.15, -0.1) is 0 Å². The largest absolute Gasteiger partial charge is 0.361 e. The van der Waals surface area contributed by atoms with Crippen LogP contribution in [0, 0.1) is 12.8 Å². The van der Waals surface area contributed by atoms with Crippen LogP contribution in [-0.4, -0.2) is 29.0 Å². The minimum Gasteiger partial charge on any atom is -0.361 e. The molecule has 2 rings (SSSR count). The van der Waals surface area contributed by atoms with Gasteiger partial charge in [-0.05, 0) is 37.1 Å². The molecule has 134 valence electrons. The number of benzene rings is 1. The van der Waals surface area contributed by atoms with Crippen molar-refractivity contribution in [3.63, 3.8) is 0 Å². The number of amides is 3. The summed E-state index contributed by atoms with van der Waals surface area (Å²) in [5.41, 5.74) is 2.04. The van der Waals surface area contributed by atoms with E-state index in [-0.39, 0.29) is 11.9 Å². The zero-order valence-corrected chi connectivity index (χ0v) is 15.0. The van der Waals surface area contributed by atoms with Crippen LogP contribution >= 0.6 is 0 Å². The fraction of sp³-hybridized carbons (Fsp3) is 0.389. The van der Waals surface area contributed by atoms with E-state index in [9.17, 15) is 9.59 Å². The van der Waals surface area contributed by atoms with Gasteiger partial charge in [0.15, 0.2) is 0 Å². The molecule has 0 bridgehead atoms. The van der Waals surface area contributed by atoms with E-state index in [0.29, 0.717) is 41.7 Å². The molecule has 0 unspecified atom stereocenters. The van der Waals surface area contributed by atoms with E-state index in [0.717, 1.165) is 0 Å². The van der Waals surface area contributed by atoms with Crippen LogP contribution in [0.2, 0.25) is 0 Å². The highest BCUT2D eigenvalue weighted by atomic mass is 16.5. The number of hydrogen-bond acceptors (Lipinski definition) is 4. The maximum Gasteiger partial charge on any atom is 0.321 e. The van der Waals surface area contributed by atoms with E-state index in [4.69, 9.17) is 4.52 Å². The zero-order chi connectivity index (χ0) is 18.4. The average molecular weight is 344 g/mol. The van der Waals surface area contributed by atoms with Gasteiger partial charge < -0.3 is 20.1 Å². The van der Waals surface area contributed by atoms with Crippen molar-refractivity contribution in [2.45, 2.75) is 33.7 Å². The van der Waals surface area contributed by atoms with Crippen LogP contribution in [0.25, 0.3) is 0 Å². The second kappa shape index (κ2) is 8.32. The molecule has 0 aliphatic rings. The van der Waals surface area contributed by atoms with E-state index in [1.165, 1.54) is 4.90 Å². The second-order valence-corrected chi connectivity index (χ2v) is 6.44. The van der Waals surface area contributed by atoms with Gasteiger partial charge in [0.1, 0.15) is 11.5 Å². The Bertz CT molecular complexity index is 722. The highest BCUT2D eigenvalue weighted by Crippen LogP contribution is 2.15. The van der Waals surface area contributed by atoms with Crippen molar-refractivity contribution in [1.29, 1.82) is 0 Å². The molecule has 25 heavy (non-hydrogen) atoms. The van der Waals surface area contributed by atoms with Crippen LogP contribution in [0.4, 0.5) is 16.2 Å². The predicted octanol–water partition coefficient (Wildman–Crippen LogP) is 3.63. The number of nitrogens with one attached hydrogen (secondary N) is 2. The maximum atomic E-state index is 12.2. The molecule has 0 radical (unpaired) electrons. The fourth-order valence-electron chi connectivity index (χ4n) is 2.25. The minimum absolute atomic E-state index is 0.0191. The third-order valence-electron chi connectivity index (χ3n) is 3.44. The molecule has 1 aromatic carbocycles. The molecule has 2 aromatic rings. The molecule has 0 aliphatic heterocycles. The van der Waals surface area contributed by atoms with E-state index < -0.39 is 0 Å². The van der Waals surface area contributed by atoms with Crippen molar-refractivity contribution >= 4 is 23.3 Å². The Morgan fingerprint density at radius 1 is 1.16 bits per heavy atom. The van der Waals surface area contributed by atoms with Gasteiger partial charge in [-0.3, -0.25) is 4.79 Å². The van der Waals surface area contributed by atoms with Crippen LogP contribution in [0.3, 0.4) is 0 Å². The van der Waals surface area contributed by atoms with Crippen molar-refractivity contribution in [3.8, 4) is 0 Å². The van der Waals surface area contributed by atoms with Crippen LogP contribution in [-0.2, 0) is 11.3 Å². The van der Waals surface area contributed by atoms with Gasteiger partial charge >= 0.3 is 6.03 Å². The van der Waals surface area contributed by atoms with Crippen LogP contribution < -0.4 is 10.6 Å². The molecule has 0 saturated carbocycles. The number of carbonyl (C=O) groups excluding carboxylic acids is 2. The lowest BCUT2D eigenvalue weighted by molar-refractivity contribution is -0.116. The summed E-state index contributed by atoms with van der Waals surface area (Å²) in [6.45, 7) is 6.15. The lowest BCUT2D eigenvalue weighted by Gasteiger charge is -2.16. The molecule has 7 heteroatoms. The number of anilines is 2. The lowest BCUT2D eigenvalue weighted by atomic mass is 10.1. The summed E-state index contributed by atoms with van der Waals surface area (Å²) in [4.78, 5) is 25.5. The molecule has 3 amide bonds. The number of rotatable bonds is 6.